The van der Waals surface area contributed by atoms with Crippen molar-refractivity contribution in [1.82, 2.24) is 4.57 Å². The van der Waals surface area contributed by atoms with E-state index in [-0.39, 0.29) is 0 Å². The molecule has 13 aromatic rings. The van der Waals surface area contributed by atoms with Gasteiger partial charge in [0.25, 0.3) is 0 Å². The van der Waals surface area contributed by atoms with E-state index in [1.807, 2.05) is 0 Å². The molecule has 16 rings (SSSR count). The van der Waals surface area contributed by atoms with Gasteiger partial charge in [0.1, 0.15) is 0 Å². The van der Waals surface area contributed by atoms with Gasteiger partial charge in [-0.2, -0.15) is 0 Å². The van der Waals surface area contributed by atoms with Gasteiger partial charge in [-0.15, -0.1) is 0 Å². The maximum atomic E-state index is 2.57. The highest BCUT2D eigenvalue weighted by molar-refractivity contribution is 6.16. The lowest BCUT2D eigenvalue weighted by molar-refractivity contribution is 0.748. The highest BCUT2D eigenvalue weighted by Gasteiger charge is 2.52. The largest absolute Gasteiger partial charge is 0.309 e. The number of anilines is 3. The molecule has 1 unspecified atom stereocenters. The van der Waals surface area contributed by atoms with E-state index in [1.54, 1.807) is 0 Å². The van der Waals surface area contributed by atoms with E-state index in [2.05, 4.69) is 276 Å². The van der Waals surface area contributed by atoms with Crippen LogP contribution in [-0.2, 0) is 10.8 Å². The Kier molecular flexibility index (Phi) is 8.05. The second kappa shape index (κ2) is 14.6. The third kappa shape index (κ3) is 4.93. The van der Waals surface area contributed by atoms with Crippen LogP contribution >= 0.6 is 0 Å². The Balaban J connectivity index is 0.999. The molecule has 2 heterocycles. The average molecular weight is 913 g/mol. The Morgan fingerprint density at radius 1 is 0.306 bits per heavy atom. The minimum atomic E-state index is -0.589. The molecule has 1 aliphatic heterocycles. The second-order valence-electron chi connectivity index (χ2n) is 19.8. The molecule has 0 saturated carbocycles. The van der Waals surface area contributed by atoms with Gasteiger partial charge in [0.2, 0.25) is 0 Å². The van der Waals surface area contributed by atoms with Crippen LogP contribution in [0.4, 0.5) is 17.1 Å². The number of fused-ring (bicyclic) bond motifs is 18. The predicted octanol–water partition coefficient (Wildman–Crippen LogP) is 17.6. The standard InChI is InChI=1S/C70H44N2/c1-2-21-46(22-3-1)69(57-31-12-8-25-51(57)52-26-9-13-32-58(52)69)47-40-42-48(43-41-47)71(66-44-45-20-4-5-23-49(45)50-24-6-7-27-53(50)66)65-39-19-35-61-67(65)56-29-10-14-33-59(56)70(61)60-34-15-17-38-64(60)72-63-37-16-11-28-54(63)55-30-18-36-62(70)68(55)72/h1-44H. The van der Waals surface area contributed by atoms with Crippen molar-refractivity contribution in [2.75, 3.05) is 4.90 Å². The lowest BCUT2D eigenvalue weighted by Crippen LogP contribution is -2.33. The van der Waals surface area contributed by atoms with Gasteiger partial charge >= 0.3 is 0 Å². The number of benzene rings is 12. The van der Waals surface area contributed by atoms with E-state index < -0.39 is 10.8 Å². The van der Waals surface area contributed by atoms with Crippen LogP contribution in [0.5, 0.6) is 0 Å². The molecule has 2 heteroatoms. The van der Waals surface area contributed by atoms with Gasteiger partial charge in [-0.25, -0.2) is 0 Å². The number of para-hydroxylation sites is 3. The lowest BCUT2D eigenvalue weighted by atomic mass is 9.65. The van der Waals surface area contributed by atoms with Gasteiger partial charge < -0.3 is 9.47 Å². The zero-order chi connectivity index (χ0) is 47.1. The molecule has 334 valence electrons. The van der Waals surface area contributed by atoms with Crippen LogP contribution in [0.15, 0.2) is 267 Å². The smallest absolute Gasteiger partial charge is 0.0755 e. The molecule has 1 spiro atoms. The molecule has 0 N–H and O–H groups in total. The Labute approximate surface area is 418 Å². The zero-order valence-corrected chi connectivity index (χ0v) is 39.3. The third-order valence-corrected chi connectivity index (χ3v) is 16.6. The second-order valence-corrected chi connectivity index (χ2v) is 19.8. The fourth-order valence-corrected chi connectivity index (χ4v) is 14.0. The summed E-state index contributed by atoms with van der Waals surface area (Å²) in [6.07, 6.45) is 0. The molecular weight excluding hydrogens is 869 g/mol. The Hall–Kier alpha value is -9.24. The van der Waals surface area contributed by atoms with Crippen LogP contribution < -0.4 is 4.90 Å². The SMILES string of the molecule is c1ccc(C2(c3ccc(N(c4cccc5c4-c4ccccc4C54c5ccccc5-n5c6ccccc6c6cccc4c65)c4cc5ccccc5c5ccccc45)cc3)c3ccccc3-c3ccccc32)cc1. The van der Waals surface area contributed by atoms with Gasteiger partial charge in [-0.1, -0.05) is 231 Å². The van der Waals surface area contributed by atoms with Crippen LogP contribution in [0.25, 0.3) is 71.3 Å². The van der Waals surface area contributed by atoms with Crippen LogP contribution in [0.2, 0.25) is 0 Å². The molecule has 1 aromatic heterocycles. The van der Waals surface area contributed by atoms with Gasteiger partial charge in [0.05, 0.1) is 38.9 Å². The van der Waals surface area contributed by atoms with E-state index in [0.717, 1.165) is 17.1 Å². The minimum absolute atomic E-state index is 0.509. The molecule has 0 radical (unpaired) electrons. The number of nitrogens with zero attached hydrogens (tertiary/aromatic N) is 2. The molecule has 0 amide bonds. The first-order valence-electron chi connectivity index (χ1n) is 25.2. The summed E-state index contributed by atoms with van der Waals surface area (Å²) in [4.78, 5) is 2.57. The third-order valence-electron chi connectivity index (χ3n) is 16.6. The van der Waals surface area contributed by atoms with Crippen molar-refractivity contribution in [2.45, 2.75) is 10.8 Å². The van der Waals surface area contributed by atoms with E-state index >= 15 is 0 Å². The van der Waals surface area contributed by atoms with Crippen molar-refractivity contribution < 1.29 is 0 Å². The molecular formula is C70H44N2. The molecule has 3 aliphatic rings. The summed E-state index contributed by atoms with van der Waals surface area (Å²) in [6, 6.07) is 100. The molecule has 12 aromatic carbocycles. The quantitative estimate of drug-likeness (QED) is 0.156. The lowest BCUT2D eigenvalue weighted by Gasteiger charge is -2.39. The fraction of sp³-hybridized carbons (Fsp3) is 0.0286. The highest BCUT2D eigenvalue weighted by Crippen LogP contribution is 2.64. The van der Waals surface area contributed by atoms with Crippen LogP contribution in [0.1, 0.15) is 44.5 Å². The maximum Gasteiger partial charge on any atom is 0.0755 e. The van der Waals surface area contributed by atoms with Crippen LogP contribution in [0.3, 0.4) is 0 Å². The molecule has 1 atom stereocenters. The number of hydrogen-bond donors (Lipinski definition) is 0. The van der Waals surface area contributed by atoms with Crippen molar-refractivity contribution in [2.24, 2.45) is 0 Å². The summed E-state index contributed by atoms with van der Waals surface area (Å²) >= 11 is 0. The number of aromatic nitrogens is 1. The predicted molar refractivity (Wildman–Crippen MR) is 299 cm³/mol. The molecule has 0 saturated heterocycles. The highest BCUT2D eigenvalue weighted by atomic mass is 15.1. The van der Waals surface area contributed by atoms with Crippen LogP contribution in [-0.4, -0.2) is 4.57 Å². The van der Waals surface area contributed by atoms with Gasteiger partial charge in [-0.05, 0) is 114 Å². The topological polar surface area (TPSA) is 8.17 Å². The van der Waals surface area contributed by atoms with Crippen molar-refractivity contribution in [3.63, 3.8) is 0 Å². The number of rotatable bonds is 5. The van der Waals surface area contributed by atoms with Crippen molar-refractivity contribution in [1.29, 1.82) is 0 Å². The Morgan fingerprint density at radius 3 is 1.60 bits per heavy atom. The molecule has 0 fully saturated rings. The molecule has 0 bridgehead atoms. The first-order chi connectivity index (χ1) is 35.8. The summed E-state index contributed by atoms with van der Waals surface area (Å²) in [7, 11) is 0. The van der Waals surface area contributed by atoms with Gasteiger partial charge in [-0.3, -0.25) is 0 Å². The van der Waals surface area contributed by atoms with Crippen molar-refractivity contribution in [3.8, 4) is 27.9 Å². The Bertz CT molecular complexity index is 4360. The molecule has 2 aliphatic carbocycles. The van der Waals surface area contributed by atoms with Crippen molar-refractivity contribution in [3.05, 3.63) is 311 Å². The molecule has 2 nitrogen and oxygen atoms in total. The van der Waals surface area contributed by atoms with E-state index in [4.69, 9.17) is 0 Å². The summed E-state index contributed by atoms with van der Waals surface area (Å²) < 4.78 is 2.53. The van der Waals surface area contributed by atoms with E-state index in [0.29, 0.717) is 0 Å². The normalized spacial score (nSPS) is 15.4. The van der Waals surface area contributed by atoms with E-state index in [9.17, 15) is 0 Å². The first-order valence-corrected chi connectivity index (χ1v) is 25.2. The number of hydrogen-bond acceptors (Lipinski definition) is 1. The average Bonchev–Trinajstić information content (AvgIpc) is 4.07. The van der Waals surface area contributed by atoms with Crippen molar-refractivity contribution >= 4 is 60.4 Å². The van der Waals surface area contributed by atoms with Gasteiger partial charge in [0.15, 0.2) is 0 Å². The maximum absolute atomic E-state index is 2.57. The summed E-state index contributed by atoms with van der Waals surface area (Å²) in [5, 5.41) is 7.46. The minimum Gasteiger partial charge on any atom is -0.309 e. The van der Waals surface area contributed by atoms with Gasteiger partial charge in [0, 0.05) is 27.4 Å². The summed E-state index contributed by atoms with van der Waals surface area (Å²) in [5.41, 5.74) is 21.5. The van der Waals surface area contributed by atoms with E-state index in [1.165, 1.54) is 116 Å². The molecule has 72 heavy (non-hydrogen) atoms. The summed E-state index contributed by atoms with van der Waals surface area (Å²) in [6.45, 7) is 0. The monoisotopic (exact) mass is 912 g/mol. The van der Waals surface area contributed by atoms with Crippen LogP contribution in [0, 0.1) is 0 Å². The Morgan fingerprint density at radius 2 is 0.833 bits per heavy atom. The zero-order valence-electron chi connectivity index (χ0n) is 39.3. The summed E-state index contributed by atoms with van der Waals surface area (Å²) in [5.74, 6) is 0. The first kappa shape index (κ1) is 39.6. The fourth-order valence-electron chi connectivity index (χ4n) is 14.0.